The molecular weight excluding hydrogens is 464 g/mol. The molecule has 0 saturated carbocycles. The van der Waals surface area contributed by atoms with Crippen LogP contribution in [0.15, 0.2) is 60.9 Å². The summed E-state index contributed by atoms with van der Waals surface area (Å²) < 4.78 is 27.4. The third-order valence-electron chi connectivity index (χ3n) is 6.12. The van der Waals surface area contributed by atoms with Crippen LogP contribution in [0.1, 0.15) is 35.7 Å². The first-order valence-corrected chi connectivity index (χ1v) is 11.7. The monoisotopic (exact) mass is 493 g/mol. The Kier molecular flexibility index (Phi) is 7.84. The number of halogens is 2. The number of aryl methyl sites for hydroxylation is 1. The summed E-state index contributed by atoms with van der Waals surface area (Å²) in [6.45, 7) is 2.65. The van der Waals surface area contributed by atoms with E-state index in [2.05, 4.69) is 25.9 Å². The first kappa shape index (κ1) is 25.2. The predicted molar refractivity (Wildman–Crippen MR) is 136 cm³/mol. The number of piperidine rings is 1. The molecule has 3 aromatic rings. The highest BCUT2D eigenvalue weighted by atomic mass is 19.3. The summed E-state index contributed by atoms with van der Waals surface area (Å²) >= 11 is 0. The van der Waals surface area contributed by atoms with Gasteiger partial charge in [0.25, 0.3) is 5.92 Å². The highest BCUT2D eigenvalue weighted by Crippen LogP contribution is 2.32. The molecule has 1 atom stereocenters. The molecule has 2 amide bonds. The van der Waals surface area contributed by atoms with Crippen molar-refractivity contribution in [1.82, 2.24) is 20.2 Å². The number of carbonyl (C=O) groups is 1. The van der Waals surface area contributed by atoms with Gasteiger partial charge in [-0.05, 0) is 30.7 Å². The molecule has 0 radical (unpaired) electrons. The van der Waals surface area contributed by atoms with Crippen molar-refractivity contribution in [2.24, 2.45) is 0 Å². The summed E-state index contributed by atoms with van der Waals surface area (Å²) in [5.41, 5.74) is 3.78. The van der Waals surface area contributed by atoms with Gasteiger partial charge in [0.05, 0.1) is 17.9 Å². The Morgan fingerprint density at radius 1 is 1.17 bits per heavy atom. The molecule has 36 heavy (non-hydrogen) atoms. The topological polar surface area (TPSA) is 106 Å². The van der Waals surface area contributed by atoms with E-state index in [4.69, 9.17) is 5.41 Å². The lowest BCUT2D eigenvalue weighted by Crippen LogP contribution is -2.45. The summed E-state index contributed by atoms with van der Waals surface area (Å²) in [6.07, 6.45) is 4.02. The number of rotatable bonds is 8. The Labute approximate surface area is 208 Å². The van der Waals surface area contributed by atoms with Gasteiger partial charge in [-0.15, -0.1) is 0 Å². The number of anilines is 3. The van der Waals surface area contributed by atoms with Crippen molar-refractivity contribution in [2.45, 2.75) is 31.7 Å². The van der Waals surface area contributed by atoms with Gasteiger partial charge in [-0.25, -0.2) is 18.6 Å². The molecule has 188 valence electrons. The number of benzene rings is 1. The fraction of sp³-hybridized carbons (Fsp3) is 0.308. The number of aromatic nitrogens is 2. The first-order chi connectivity index (χ1) is 17.3. The van der Waals surface area contributed by atoms with Gasteiger partial charge < -0.3 is 16.0 Å². The molecule has 1 saturated heterocycles. The van der Waals surface area contributed by atoms with Crippen LogP contribution < -0.4 is 16.0 Å². The van der Waals surface area contributed by atoms with Crippen LogP contribution in [0, 0.1) is 12.3 Å². The normalized spacial score (nSPS) is 16.1. The summed E-state index contributed by atoms with van der Waals surface area (Å²) in [7, 11) is 0. The van der Waals surface area contributed by atoms with Gasteiger partial charge in [0, 0.05) is 61.8 Å². The minimum absolute atomic E-state index is 0.196. The molecule has 2 aromatic heterocycles. The van der Waals surface area contributed by atoms with Gasteiger partial charge >= 0.3 is 6.03 Å². The van der Waals surface area contributed by atoms with Crippen LogP contribution in [0.3, 0.4) is 0 Å². The molecular formula is C26H29F2N7O. The second-order valence-electron chi connectivity index (χ2n) is 8.77. The molecule has 1 fully saturated rings. The lowest BCUT2D eigenvalue weighted by atomic mass is 10.00. The Morgan fingerprint density at radius 2 is 1.92 bits per heavy atom. The zero-order valence-electron chi connectivity index (χ0n) is 20.0. The Morgan fingerprint density at radius 3 is 2.61 bits per heavy atom. The number of amides is 2. The number of nitrogens with zero attached hydrogens (tertiary/aromatic N) is 3. The molecule has 1 aromatic carbocycles. The lowest BCUT2D eigenvalue weighted by Gasteiger charge is -2.37. The van der Waals surface area contributed by atoms with E-state index in [0.29, 0.717) is 11.3 Å². The molecule has 1 aliphatic rings. The van der Waals surface area contributed by atoms with Crippen molar-refractivity contribution >= 4 is 29.4 Å². The maximum absolute atomic E-state index is 13.7. The van der Waals surface area contributed by atoms with Crippen molar-refractivity contribution < 1.29 is 13.6 Å². The zero-order chi connectivity index (χ0) is 25.5. The number of carbonyl (C=O) groups excluding carboxylic acids is 1. The number of alkyl halides is 2. The van der Waals surface area contributed by atoms with Crippen LogP contribution in [0.2, 0.25) is 0 Å². The van der Waals surface area contributed by atoms with Crippen LogP contribution in [-0.2, 0) is 0 Å². The molecule has 0 aliphatic carbocycles. The molecule has 10 heteroatoms. The second-order valence-corrected chi connectivity index (χ2v) is 8.77. The van der Waals surface area contributed by atoms with E-state index in [1.807, 2.05) is 54.3 Å². The quantitative estimate of drug-likeness (QED) is 0.326. The van der Waals surface area contributed by atoms with Crippen molar-refractivity contribution in [3.05, 3.63) is 77.7 Å². The van der Waals surface area contributed by atoms with E-state index in [-0.39, 0.29) is 44.3 Å². The van der Waals surface area contributed by atoms with E-state index >= 15 is 0 Å². The van der Waals surface area contributed by atoms with E-state index in [1.54, 1.807) is 18.5 Å². The number of hydrogen-bond donors (Lipinski definition) is 4. The smallest absolute Gasteiger partial charge is 0.320 e. The third-order valence-corrected chi connectivity index (χ3v) is 6.12. The van der Waals surface area contributed by atoms with Crippen molar-refractivity contribution in [2.75, 3.05) is 30.3 Å². The van der Waals surface area contributed by atoms with E-state index in [9.17, 15) is 13.6 Å². The Bertz CT molecular complexity index is 1200. The second kappa shape index (κ2) is 11.2. The molecule has 4 rings (SSSR count). The minimum Gasteiger partial charge on any atom is -0.354 e. The lowest BCUT2D eigenvalue weighted by molar-refractivity contribution is -0.0631. The highest BCUT2D eigenvalue weighted by Gasteiger charge is 2.36. The molecule has 4 N–H and O–H groups in total. The van der Waals surface area contributed by atoms with Gasteiger partial charge in [-0.2, -0.15) is 0 Å². The average molecular weight is 494 g/mol. The maximum Gasteiger partial charge on any atom is 0.320 e. The van der Waals surface area contributed by atoms with Crippen molar-refractivity contribution in [3.63, 3.8) is 0 Å². The van der Waals surface area contributed by atoms with E-state index in [1.165, 1.54) is 6.21 Å². The van der Waals surface area contributed by atoms with Crippen molar-refractivity contribution in [1.29, 1.82) is 5.41 Å². The molecule has 1 unspecified atom stereocenters. The summed E-state index contributed by atoms with van der Waals surface area (Å²) in [5, 5.41) is 16.5. The number of likely N-dealkylation sites (tertiary alicyclic amines) is 1. The number of nitrogens with one attached hydrogen (secondary N) is 4. The largest absolute Gasteiger partial charge is 0.354 e. The number of hydrogen-bond acceptors (Lipinski definition) is 6. The third kappa shape index (κ3) is 6.60. The maximum atomic E-state index is 13.7. The fourth-order valence-corrected chi connectivity index (χ4v) is 4.19. The van der Waals surface area contributed by atoms with Crippen LogP contribution in [-0.4, -0.2) is 52.7 Å². The standard InChI is InChI=1S/C26H29F2N7O/c1-18-13-21(7-10-30-18)33-22-16-31-24(14-20(22)15-29)34-25(36)32-17-23(19-5-3-2-4-6-19)35-11-8-26(27,28)9-12-35/h2-7,10,13-16,23,29H,8-9,11-12,17H2,1H3,(H,30,33)(H2,31,32,34,36). The summed E-state index contributed by atoms with van der Waals surface area (Å²) in [5.74, 6) is -2.35. The summed E-state index contributed by atoms with van der Waals surface area (Å²) in [4.78, 5) is 23.1. The van der Waals surface area contributed by atoms with Crippen LogP contribution in [0.4, 0.5) is 30.8 Å². The van der Waals surface area contributed by atoms with Gasteiger partial charge in [0.2, 0.25) is 0 Å². The molecule has 3 heterocycles. The van der Waals surface area contributed by atoms with E-state index in [0.717, 1.165) is 16.9 Å². The van der Waals surface area contributed by atoms with Gasteiger partial charge in [0.1, 0.15) is 5.82 Å². The molecule has 1 aliphatic heterocycles. The predicted octanol–water partition coefficient (Wildman–Crippen LogP) is 5.12. The van der Waals surface area contributed by atoms with Gasteiger partial charge in [0.15, 0.2) is 0 Å². The Hall–Kier alpha value is -3.92. The van der Waals surface area contributed by atoms with Crippen LogP contribution >= 0.6 is 0 Å². The molecule has 8 nitrogen and oxygen atoms in total. The SMILES string of the molecule is Cc1cc(Nc2cnc(NC(=O)NCC(c3ccccc3)N3CCC(F)(F)CC3)cc2C=N)ccn1. The fourth-order valence-electron chi connectivity index (χ4n) is 4.19. The molecule has 0 bridgehead atoms. The zero-order valence-corrected chi connectivity index (χ0v) is 20.0. The van der Waals surface area contributed by atoms with Crippen LogP contribution in [0.5, 0.6) is 0 Å². The van der Waals surface area contributed by atoms with E-state index < -0.39 is 12.0 Å². The first-order valence-electron chi connectivity index (χ1n) is 11.7. The minimum atomic E-state index is -2.64. The summed E-state index contributed by atoms with van der Waals surface area (Å²) in [6, 6.07) is 14.2. The Balaban J connectivity index is 1.40. The highest BCUT2D eigenvalue weighted by molar-refractivity contribution is 5.92. The number of urea groups is 1. The van der Waals surface area contributed by atoms with Gasteiger partial charge in [-0.3, -0.25) is 15.2 Å². The number of pyridine rings is 2. The average Bonchev–Trinajstić information content (AvgIpc) is 2.86. The van der Waals surface area contributed by atoms with Crippen molar-refractivity contribution in [3.8, 4) is 0 Å². The van der Waals surface area contributed by atoms with Gasteiger partial charge in [-0.1, -0.05) is 30.3 Å². The molecule has 0 spiro atoms. The van der Waals surface area contributed by atoms with Crippen LogP contribution in [0.25, 0.3) is 0 Å².